The van der Waals surface area contributed by atoms with Crippen LogP contribution in [0.15, 0.2) is 42.7 Å². The molecular weight excluding hydrogens is 334 g/mol. The number of carbonyl (C=O) groups is 1. The van der Waals surface area contributed by atoms with Crippen LogP contribution in [0, 0.1) is 0 Å². The van der Waals surface area contributed by atoms with E-state index in [1.807, 2.05) is 0 Å². The number of halogens is 2. The van der Waals surface area contributed by atoms with Crippen LogP contribution >= 0.6 is 0 Å². The predicted octanol–water partition coefficient (Wildman–Crippen LogP) is 2.98. The predicted molar refractivity (Wildman–Crippen MR) is 85.2 cm³/mol. The fraction of sp³-hybridized carbons (Fsp3) is 0.188. The first kappa shape index (κ1) is 16.6. The Hall–Kier alpha value is -3.23. The van der Waals surface area contributed by atoms with Crippen LogP contribution in [0.1, 0.15) is 17.4 Å². The lowest BCUT2D eigenvalue weighted by Gasteiger charge is -2.13. The van der Waals surface area contributed by atoms with Crippen molar-refractivity contribution in [1.82, 2.24) is 14.6 Å². The lowest BCUT2D eigenvalue weighted by Crippen LogP contribution is -2.13. The summed E-state index contributed by atoms with van der Waals surface area (Å²) in [6.45, 7) is -0.999. The summed E-state index contributed by atoms with van der Waals surface area (Å²) in [5.74, 6) is -0.459. The van der Waals surface area contributed by atoms with Gasteiger partial charge in [0.2, 0.25) is 0 Å². The molecule has 1 amide bonds. The van der Waals surface area contributed by atoms with E-state index in [0.717, 1.165) is 0 Å². The van der Waals surface area contributed by atoms with E-state index in [0.29, 0.717) is 11.3 Å². The number of rotatable bonds is 6. The van der Waals surface area contributed by atoms with E-state index < -0.39 is 12.5 Å². The molecule has 0 fully saturated rings. The highest BCUT2D eigenvalue weighted by Gasteiger charge is 2.15. The Morgan fingerprint density at radius 1 is 1.32 bits per heavy atom. The number of benzene rings is 1. The van der Waals surface area contributed by atoms with Gasteiger partial charge in [-0.2, -0.15) is 13.9 Å². The van der Waals surface area contributed by atoms with Crippen molar-refractivity contribution >= 4 is 17.2 Å². The highest BCUT2D eigenvalue weighted by atomic mass is 19.3. The van der Waals surface area contributed by atoms with Gasteiger partial charge in [-0.1, -0.05) is 0 Å². The Morgan fingerprint density at radius 3 is 2.88 bits per heavy atom. The van der Waals surface area contributed by atoms with Crippen molar-refractivity contribution in [2.45, 2.75) is 13.5 Å². The molecule has 0 bridgehead atoms. The number of nitrogens with zero attached hydrogens (tertiary/aromatic N) is 3. The lowest BCUT2D eigenvalue weighted by molar-refractivity contribution is -0.0514. The van der Waals surface area contributed by atoms with Crippen LogP contribution < -0.4 is 14.8 Å². The topological polar surface area (TPSA) is 77.8 Å². The van der Waals surface area contributed by atoms with Crippen molar-refractivity contribution in [2.24, 2.45) is 0 Å². The molecule has 1 N–H and O–H groups in total. The van der Waals surface area contributed by atoms with Gasteiger partial charge in [0.25, 0.3) is 5.91 Å². The summed E-state index contributed by atoms with van der Waals surface area (Å²) >= 11 is 0. The van der Waals surface area contributed by atoms with Crippen LogP contribution in [0.25, 0.3) is 5.65 Å². The van der Waals surface area contributed by atoms with Gasteiger partial charge in [0.05, 0.1) is 6.61 Å². The first-order chi connectivity index (χ1) is 12.1. The fourth-order valence-electron chi connectivity index (χ4n) is 2.18. The van der Waals surface area contributed by atoms with Gasteiger partial charge in [-0.25, -0.2) is 9.50 Å². The third-order valence-electron chi connectivity index (χ3n) is 3.19. The second-order valence-corrected chi connectivity index (χ2v) is 4.88. The Labute approximate surface area is 141 Å². The minimum atomic E-state index is -2.97. The van der Waals surface area contributed by atoms with Crippen LogP contribution in [-0.4, -0.2) is 33.7 Å². The quantitative estimate of drug-likeness (QED) is 0.741. The van der Waals surface area contributed by atoms with Gasteiger partial charge < -0.3 is 14.8 Å². The molecule has 0 saturated heterocycles. The van der Waals surface area contributed by atoms with Crippen LogP contribution in [0.4, 0.5) is 14.5 Å². The summed E-state index contributed by atoms with van der Waals surface area (Å²) in [6.07, 6.45) is 3.26. The Bertz CT molecular complexity index is 865. The molecule has 3 rings (SSSR count). The SMILES string of the molecule is CCOc1cc(NC(=O)c2cc3ncccn3n2)ccc1OC(F)F. The van der Waals surface area contributed by atoms with E-state index in [9.17, 15) is 13.6 Å². The molecule has 0 aliphatic carbocycles. The molecule has 25 heavy (non-hydrogen) atoms. The minimum Gasteiger partial charge on any atom is -0.490 e. The van der Waals surface area contributed by atoms with E-state index in [4.69, 9.17) is 4.74 Å². The maximum absolute atomic E-state index is 12.4. The van der Waals surface area contributed by atoms with Crippen molar-refractivity contribution in [1.29, 1.82) is 0 Å². The molecule has 0 saturated carbocycles. The number of fused-ring (bicyclic) bond motifs is 1. The van der Waals surface area contributed by atoms with Gasteiger partial charge in [0.15, 0.2) is 22.8 Å². The van der Waals surface area contributed by atoms with E-state index in [1.165, 1.54) is 28.8 Å². The van der Waals surface area contributed by atoms with Crippen LogP contribution in [0.3, 0.4) is 0 Å². The Balaban J connectivity index is 1.81. The molecule has 0 unspecified atom stereocenters. The molecule has 0 atom stereocenters. The van der Waals surface area contributed by atoms with Crippen molar-refractivity contribution in [3.63, 3.8) is 0 Å². The summed E-state index contributed by atoms with van der Waals surface area (Å²) in [6, 6.07) is 7.38. The van der Waals surface area contributed by atoms with E-state index >= 15 is 0 Å². The average Bonchev–Trinajstić information content (AvgIpc) is 3.01. The molecule has 1 aromatic carbocycles. The third kappa shape index (κ3) is 3.82. The van der Waals surface area contributed by atoms with Gasteiger partial charge in [0.1, 0.15) is 0 Å². The highest BCUT2D eigenvalue weighted by molar-refractivity contribution is 6.03. The summed E-state index contributed by atoms with van der Waals surface area (Å²) in [4.78, 5) is 16.4. The number of anilines is 1. The second kappa shape index (κ2) is 7.12. The summed E-state index contributed by atoms with van der Waals surface area (Å²) in [5.41, 5.74) is 1.06. The van der Waals surface area contributed by atoms with E-state index in [1.54, 1.807) is 25.4 Å². The van der Waals surface area contributed by atoms with Gasteiger partial charge in [-0.3, -0.25) is 4.79 Å². The molecule has 2 heterocycles. The van der Waals surface area contributed by atoms with E-state index in [2.05, 4.69) is 20.1 Å². The first-order valence-electron chi connectivity index (χ1n) is 7.40. The normalized spacial score (nSPS) is 10.9. The average molecular weight is 348 g/mol. The van der Waals surface area contributed by atoms with Gasteiger partial charge in [0, 0.05) is 30.2 Å². The maximum atomic E-state index is 12.4. The Morgan fingerprint density at radius 2 is 2.16 bits per heavy atom. The molecular formula is C16H14F2N4O3. The summed E-state index contributed by atoms with van der Waals surface area (Å²) in [5, 5.41) is 6.74. The number of hydrogen-bond acceptors (Lipinski definition) is 5. The van der Waals surface area contributed by atoms with Crippen molar-refractivity contribution in [2.75, 3.05) is 11.9 Å². The number of aromatic nitrogens is 3. The number of ether oxygens (including phenoxy) is 2. The zero-order chi connectivity index (χ0) is 17.8. The molecule has 0 aliphatic heterocycles. The zero-order valence-corrected chi connectivity index (χ0v) is 13.1. The highest BCUT2D eigenvalue weighted by Crippen LogP contribution is 2.32. The van der Waals surface area contributed by atoms with Crippen LogP contribution in [0.2, 0.25) is 0 Å². The standard InChI is InChI=1S/C16H14F2N4O3/c1-2-24-13-8-10(4-5-12(13)25-16(17)18)20-15(23)11-9-14-19-6-3-7-22(14)21-11/h3-9,16H,2H2,1H3,(H,20,23). The summed E-state index contributed by atoms with van der Waals surface area (Å²) < 4.78 is 36.0. The Kier molecular flexibility index (Phi) is 4.73. The zero-order valence-electron chi connectivity index (χ0n) is 13.1. The molecule has 0 spiro atoms. The number of alkyl halides is 2. The summed E-state index contributed by atoms with van der Waals surface area (Å²) in [7, 11) is 0. The molecule has 9 heteroatoms. The number of carbonyl (C=O) groups excluding carboxylic acids is 1. The van der Waals surface area contributed by atoms with Crippen molar-refractivity contribution in [3.8, 4) is 11.5 Å². The molecule has 7 nitrogen and oxygen atoms in total. The molecule has 2 aromatic heterocycles. The smallest absolute Gasteiger partial charge is 0.387 e. The number of amides is 1. The minimum absolute atomic E-state index is 0.105. The molecule has 3 aromatic rings. The first-order valence-corrected chi connectivity index (χ1v) is 7.40. The largest absolute Gasteiger partial charge is 0.490 e. The maximum Gasteiger partial charge on any atom is 0.387 e. The second-order valence-electron chi connectivity index (χ2n) is 4.88. The van der Waals surface area contributed by atoms with Crippen LogP contribution in [-0.2, 0) is 0 Å². The monoisotopic (exact) mass is 348 g/mol. The molecule has 0 radical (unpaired) electrons. The van der Waals surface area contributed by atoms with Gasteiger partial charge in [-0.05, 0) is 25.1 Å². The number of hydrogen-bond donors (Lipinski definition) is 1. The molecule has 130 valence electrons. The third-order valence-corrected chi connectivity index (χ3v) is 3.19. The van der Waals surface area contributed by atoms with Gasteiger partial charge in [-0.15, -0.1) is 0 Å². The van der Waals surface area contributed by atoms with Gasteiger partial charge >= 0.3 is 6.61 Å². The fourth-order valence-corrected chi connectivity index (χ4v) is 2.18. The lowest BCUT2D eigenvalue weighted by atomic mass is 10.2. The van der Waals surface area contributed by atoms with Crippen LogP contribution in [0.5, 0.6) is 11.5 Å². The number of nitrogens with one attached hydrogen (secondary N) is 1. The molecule has 0 aliphatic rings. The van der Waals surface area contributed by atoms with Crippen molar-refractivity contribution in [3.05, 3.63) is 48.4 Å². The van der Waals surface area contributed by atoms with E-state index in [-0.39, 0.29) is 23.8 Å². The van der Waals surface area contributed by atoms with Crippen molar-refractivity contribution < 1.29 is 23.0 Å².